The summed E-state index contributed by atoms with van der Waals surface area (Å²) in [5, 5.41) is 14.0. The van der Waals surface area contributed by atoms with Crippen molar-refractivity contribution in [3.05, 3.63) is 24.2 Å². The number of carboxylic acids is 1. The summed E-state index contributed by atoms with van der Waals surface area (Å²) in [5.74, 6) is -1.31. The number of carboxylic acid groups (broad SMARTS) is 1. The zero-order valence-electron chi connectivity index (χ0n) is 12.1. The van der Waals surface area contributed by atoms with E-state index in [1.807, 2.05) is 0 Å². The number of hydrogen-bond acceptors (Lipinski definition) is 4. The van der Waals surface area contributed by atoms with Gasteiger partial charge in [-0.3, -0.25) is 14.4 Å². The lowest BCUT2D eigenvalue weighted by atomic mass is 10.0. The first-order valence-corrected chi connectivity index (χ1v) is 6.65. The third kappa shape index (κ3) is 6.60. The van der Waals surface area contributed by atoms with E-state index in [0.717, 1.165) is 0 Å². The fraction of sp³-hybridized carbons (Fsp3) is 0.500. The molecule has 0 bridgehead atoms. The molecule has 116 valence electrons. The maximum absolute atomic E-state index is 11.7. The lowest BCUT2D eigenvalue weighted by Gasteiger charge is -2.24. The van der Waals surface area contributed by atoms with E-state index in [9.17, 15) is 14.4 Å². The molecule has 0 fully saturated rings. The summed E-state index contributed by atoms with van der Waals surface area (Å²) in [4.78, 5) is 33.8. The minimum atomic E-state index is -0.967. The van der Waals surface area contributed by atoms with Gasteiger partial charge in [0, 0.05) is 18.5 Å². The van der Waals surface area contributed by atoms with Crippen molar-refractivity contribution in [2.45, 2.75) is 38.6 Å². The van der Waals surface area contributed by atoms with Gasteiger partial charge in [0.2, 0.25) is 5.91 Å². The molecule has 2 amide bonds. The van der Waals surface area contributed by atoms with Crippen molar-refractivity contribution < 1.29 is 23.9 Å². The Labute approximate surface area is 122 Å². The Hall–Kier alpha value is -2.31. The highest BCUT2D eigenvalue weighted by molar-refractivity contribution is 5.91. The summed E-state index contributed by atoms with van der Waals surface area (Å²) in [7, 11) is 0. The number of carbonyl (C=O) groups is 3. The van der Waals surface area contributed by atoms with E-state index in [-0.39, 0.29) is 30.4 Å². The molecule has 0 saturated heterocycles. The molecule has 1 aromatic heterocycles. The predicted molar refractivity (Wildman–Crippen MR) is 74.7 cm³/mol. The van der Waals surface area contributed by atoms with Gasteiger partial charge in [0.05, 0.1) is 12.7 Å². The van der Waals surface area contributed by atoms with E-state index >= 15 is 0 Å². The molecule has 1 aromatic rings. The molecule has 0 atom stereocenters. The van der Waals surface area contributed by atoms with Gasteiger partial charge >= 0.3 is 5.97 Å². The minimum Gasteiger partial charge on any atom is -0.481 e. The molecular formula is C14H20N2O5. The van der Waals surface area contributed by atoms with E-state index < -0.39 is 11.5 Å². The molecule has 0 unspecified atom stereocenters. The third-order valence-corrected chi connectivity index (χ3v) is 2.68. The lowest BCUT2D eigenvalue weighted by Crippen LogP contribution is -2.45. The summed E-state index contributed by atoms with van der Waals surface area (Å²) in [6, 6.07) is 3.17. The van der Waals surface area contributed by atoms with Gasteiger partial charge < -0.3 is 20.2 Å². The average Bonchev–Trinajstić information content (AvgIpc) is 2.85. The predicted octanol–water partition coefficient (Wildman–Crippen LogP) is 1.16. The van der Waals surface area contributed by atoms with E-state index in [1.54, 1.807) is 26.0 Å². The number of nitrogens with one attached hydrogen (secondary N) is 2. The molecule has 7 nitrogen and oxygen atoms in total. The van der Waals surface area contributed by atoms with Crippen LogP contribution in [-0.4, -0.2) is 35.0 Å². The van der Waals surface area contributed by atoms with Gasteiger partial charge in [-0.2, -0.15) is 0 Å². The van der Waals surface area contributed by atoms with E-state index in [1.165, 1.54) is 6.26 Å². The summed E-state index contributed by atoms with van der Waals surface area (Å²) in [6.45, 7) is 3.64. The van der Waals surface area contributed by atoms with Crippen LogP contribution in [0, 0.1) is 0 Å². The fourth-order valence-corrected chi connectivity index (χ4v) is 1.81. The van der Waals surface area contributed by atoms with Crippen LogP contribution in [0.25, 0.3) is 0 Å². The van der Waals surface area contributed by atoms with Crippen molar-refractivity contribution in [3.63, 3.8) is 0 Å². The molecule has 0 aromatic carbocycles. The Morgan fingerprint density at radius 2 is 2.05 bits per heavy atom. The highest BCUT2D eigenvalue weighted by Gasteiger charge is 2.23. The van der Waals surface area contributed by atoms with Crippen LogP contribution in [0.3, 0.4) is 0 Å². The molecule has 21 heavy (non-hydrogen) atoms. The first-order chi connectivity index (χ1) is 9.80. The van der Waals surface area contributed by atoms with Crippen molar-refractivity contribution in [2.24, 2.45) is 0 Å². The first-order valence-electron chi connectivity index (χ1n) is 6.65. The average molecular weight is 296 g/mol. The maximum Gasteiger partial charge on any atom is 0.305 e. The zero-order valence-corrected chi connectivity index (χ0v) is 12.1. The molecule has 0 radical (unpaired) electrons. The second kappa shape index (κ2) is 7.47. The molecule has 0 aliphatic carbocycles. The molecule has 0 saturated carbocycles. The van der Waals surface area contributed by atoms with Gasteiger partial charge in [0.1, 0.15) is 0 Å². The van der Waals surface area contributed by atoms with Crippen molar-refractivity contribution in [2.75, 3.05) is 6.54 Å². The van der Waals surface area contributed by atoms with Gasteiger partial charge in [-0.1, -0.05) is 0 Å². The number of aliphatic carboxylic acids is 1. The maximum atomic E-state index is 11.7. The standard InChI is InChI=1S/C14H20N2O5/c1-14(2,9-12(18)19)16-11(17)6-3-7-15-13(20)10-5-4-8-21-10/h4-5,8H,3,6-7,9H2,1-2H3,(H,15,20)(H,16,17)(H,18,19). The minimum absolute atomic E-state index is 0.145. The number of rotatable bonds is 8. The van der Waals surface area contributed by atoms with Crippen molar-refractivity contribution in [3.8, 4) is 0 Å². The topological polar surface area (TPSA) is 109 Å². The second-order valence-electron chi connectivity index (χ2n) is 5.34. The fourth-order valence-electron chi connectivity index (χ4n) is 1.81. The Morgan fingerprint density at radius 3 is 2.62 bits per heavy atom. The quantitative estimate of drug-likeness (QED) is 0.624. The molecule has 0 aliphatic heterocycles. The van der Waals surface area contributed by atoms with Crippen LogP contribution >= 0.6 is 0 Å². The number of amides is 2. The van der Waals surface area contributed by atoms with Gasteiger partial charge in [0.15, 0.2) is 5.76 Å². The van der Waals surface area contributed by atoms with Gasteiger partial charge in [-0.25, -0.2) is 0 Å². The van der Waals surface area contributed by atoms with Crippen molar-refractivity contribution >= 4 is 17.8 Å². The smallest absolute Gasteiger partial charge is 0.305 e. The van der Waals surface area contributed by atoms with Crippen LogP contribution in [0.2, 0.25) is 0 Å². The monoisotopic (exact) mass is 296 g/mol. The van der Waals surface area contributed by atoms with E-state index in [4.69, 9.17) is 9.52 Å². The highest BCUT2D eigenvalue weighted by Crippen LogP contribution is 2.08. The van der Waals surface area contributed by atoms with Crippen LogP contribution < -0.4 is 10.6 Å². The molecule has 0 aliphatic rings. The molecule has 1 heterocycles. The Bertz CT molecular complexity index is 493. The van der Waals surface area contributed by atoms with E-state index in [2.05, 4.69) is 10.6 Å². The van der Waals surface area contributed by atoms with Gasteiger partial charge in [-0.15, -0.1) is 0 Å². The summed E-state index contributed by atoms with van der Waals surface area (Å²) >= 11 is 0. The largest absolute Gasteiger partial charge is 0.481 e. The SMILES string of the molecule is CC(C)(CC(=O)O)NC(=O)CCCNC(=O)c1ccco1. The van der Waals surface area contributed by atoms with Crippen LogP contribution in [-0.2, 0) is 9.59 Å². The van der Waals surface area contributed by atoms with Crippen LogP contribution in [0.4, 0.5) is 0 Å². The Morgan fingerprint density at radius 1 is 1.33 bits per heavy atom. The van der Waals surface area contributed by atoms with Gasteiger partial charge in [0.25, 0.3) is 5.91 Å². The number of carbonyl (C=O) groups excluding carboxylic acids is 2. The molecule has 3 N–H and O–H groups in total. The van der Waals surface area contributed by atoms with Crippen LogP contribution in [0.15, 0.2) is 22.8 Å². The summed E-state index contributed by atoms with van der Waals surface area (Å²) < 4.78 is 4.93. The highest BCUT2D eigenvalue weighted by atomic mass is 16.4. The molecule has 0 spiro atoms. The normalized spacial score (nSPS) is 11.0. The molecular weight excluding hydrogens is 276 g/mol. The summed E-state index contributed by atoms with van der Waals surface area (Å²) in [5.41, 5.74) is -0.791. The van der Waals surface area contributed by atoms with Gasteiger partial charge in [-0.05, 0) is 32.4 Å². The number of hydrogen-bond donors (Lipinski definition) is 3. The zero-order chi connectivity index (χ0) is 15.9. The summed E-state index contributed by atoms with van der Waals surface area (Å²) in [6.07, 6.45) is 1.93. The van der Waals surface area contributed by atoms with Crippen molar-refractivity contribution in [1.82, 2.24) is 10.6 Å². The van der Waals surface area contributed by atoms with Crippen molar-refractivity contribution in [1.29, 1.82) is 0 Å². The first kappa shape index (κ1) is 16.7. The third-order valence-electron chi connectivity index (χ3n) is 2.68. The molecule has 7 heteroatoms. The Balaban J connectivity index is 2.22. The molecule has 1 rings (SSSR count). The number of furan rings is 1. The Kier molecular flexibility index (Phi) is 5.95. The lowest BCUT2D eigenvalue weighted by molar-refractivity contribution is -0.138. The van der Waals surface area contributed by atoms with Crippen LogP contribution in [0.5, 0.6) is 0 Å². The van der Waals surface area contributed by atoms with E-state index in [0.29, 0.717) is 13.0 Å². The second-order valence-corrected chi connectivity index (χ2v) is 5.34. The van der Waals surface area contributed by atoms with Crippen LogP contribution in [0.1, 0.15) is 43.7 Å².